The summed E-state index contributed by atoms with van der Waals surface area (Å²) in [5.41, 5.74) is 0.744. The quantitative estimate of drug-likeness (QED) is 0.582. The molecule has 0 aromatic heterocycles. The molecule has 0 aliphatic rings. The summed E-state index contributed by atoms with van der Waals surface area (Å²) in [7, 11) is 0. The number of aliphatic hydroxyl groups excluding tert-OH is 1. The Hall–Kier alpha value is -1.66. The third-order valence-corrected chi connectivity index (χ3v) is 2.79. The van der Waals surface area contributed by atoms with E-state index in [0.29, 0.717) is 6.54 Å². The van der Waals surface area contributed by atoms with E-state index in [1.807, 2.05) is 6.92 Å². The van der Waals surface area contributed by atoms with Crippen LogP contribution in [0.1, 0.15) is 26.3 Å². The maximum Gasteiger partial charge on any atom is 0.311 e. The van der Waals surface area contributed by atoms with E-state index in [1.165, 1.54) is 6.07 Å². The summed E-state index contributed by atoms with van der Waals surface area (Å²) in [6.07, 6.45) is -1.20. The Morgan fingerprint density at radius 3 is 2.68 bits per heavy atom. The summed E-state index contributed by atoms with van der Waals surface area (Å²) < 4.78 is 5.42. The van der Waals surface area contributed by atoms with Crippen LogP contribution in [0.3, 0.4) is 0 Å². The predicted molar refractivity (Wildman–Crippen MR) is 72.2 cm³/mol. The van der Waals surface area contributed by atoms with Gasteiger partial charge in [-0.05, 0) is 32.0 Å². The molecule has 19 heavy (non-hydrogen) atoms. The predicted octanol–water partition coefficient (Wildman–Crippen LogP) is 1.85. The molecule has 0 heterocycles. The molecule has 0 saturated heterocycles. The van der Waals surface area contributed by atoms with Crippen LogP contribution in [-0.4, -0.2) is 28.8 Å². The maximum atomic E-state index is 11.0. The molecule has 0 spiro atoms. The lowest BCUT2D eigenvalue weighted by Crippen LogP contribution is -2.25. The van der Waals surface area contributed by atoms with Crippen molar-refractivity contribution in [3.8, 4) is 5.75 Å². The van der Waals surface area contributed by atoms with Gasteiger partial charge in [0.1, 0.15) is 6.10 Å². The first-order valence-corrected chi connectivity index (χ1v) is 6.28. The lowest BCUT2D eigenvalue weighted by Gasteiger charge is -2.17. The molecule has 0 saturated carbocycles. The van der Waals surface area contributed by atoms with Crippen molar-refractivity contribution in [3.63, 3.8) is 0 Å². The highest BCUT2D eigenvalue weighted by Crippen LogP contribution is 2.29. The number of nitro benzene ring substituents is 1. The average Bonchev–Trinajstić information content (AvgIpc) is 2.37. The third kappa shape index (κ3) is 4.50. The summed E-state index contributed by atoms with van der Waals surface area (Å²) in [6.45, 7) is 6.59. The number of benzene rings is 1. The minimum atomic E-state index is -0.693. The molecule has 0 fully saturated rings. The van der Waals surface area contributed by atoms with Crippen molar-refractivity contribution in [2.75, 3.05) is 6.54 Å². The Kier molecular flexibility index (Phi) is 5.72. The van der Waals surface area contributed by atoms with Crippen LogP contribution in [0.4, 0.5) is 5.69 Å². The molecule has 2 unspecified atom stereocenters. The van der Waals surface area contributed by atoms with Crippen molar-refractivity contribution in [1.82, 2.24) is 5.32 Å². The number of aliphatic hydroxyl groups is 1. The first kappa shape index (κ1) is 15.4. The molecule has 0 aliphatic heterocycles. The molecule has 0 amide bonds. The largest absolute Gasteiger partial charge is 0.481 e. The number of rotatable bonds is 7. The van der Waals surface area contributed by atoms with Crippen LogP contribution >= 0.6 is 0 Å². The molecular weight excluding hydrogens is 248 g/mol. The van der Waals surface area contributed by atoms with Gasteiger partial charge in [0, 0.05) is 12.6 Å². The van der Waals surface area contributed by atoms with Crippen LogP contribution in [0.25, 0.3) is 0 Å². The van der Waals surface area contributed by atoms with Crippen molar-refractivity contribution in [3.05, 3.63) is 33.9 Å². The highest BCUT2D eigenvalue weighted by molar-refractivity contribution is 5.48. The maximum absolute atomic E-state index is 11.0. The van der Waals surface area contributed by atoms with E-state index in [2.05, 4.69) is 5.32 Å². The lowest BCUT2D eigenvalue weighted by molar-refractivity contribution is -0.386. The molecule has 106 valence electrons. The summed E-state index contributed by atoms with van der Waals surface area (Å²) in [5.74, 6) is 0.179. The highest BCUT2D eigenvalue weighted by Gasteiger charge is 2.19. The Balaban J connectivity index is 2.94. The van der Waals surface area contributed by atoms with E-state index in [-0.39, 0.29) is 11.4 Å². The molecule has 6 heteroatoms. The topological polar surface area (TPSA) is 84.6 Å². The monoisotopic (exact) mass is 268 g/mol. The van der Waals surface area contributed by atoms with E-state index < -0.39 is 17.1 Å². The van der Waals surface area contributed by atoms with Crippen molar-refractivity contribution in [2.45, 2.75) is 39.5 Å². The van der Waals surface area contributed by atoms with Gasteiger partial charge in [-0.15, -0.1) is 0 Å². The molecule has 0 aliphatic carbocycles. The van der Waals surface area contributed by atoms with Gasteiger partial charge in [-0.25, -0.2) is 0 Å². The van der Waals surface area contributed by atoms with E-state index in [4.69, 9.17) is 4.74 Å². The molecular formula is C13H20N2O4. The van der Waals surface area contributed by atoms with Gasteiger partial charge in [0.2, 0.25) is 0 Å². The minimum Gasteiger partial charge on any atom is -0.481 e. The molecule has 1 aromatic carbocycles. The van der Waals surface area contributed by atoms with Crippen LogP contribution in [-0.2, 0) is 6.54 Å². The summed E-state index contributed by atoms with van der Waals surface area (Å²) in [4.78, 5) is 10.6. The normalized spacial score (nSPS) is 13.9. The second kappa shape index (κ2) is 7.06. The molecule has 0 radical (unpaired) electrons. The Morgan fingerprint density at radius 1 is 1.47 bits per heavy atom. The van der Waals surface area contributed by atoms with Crippen LogP contribution in [0.2, 0.25) is 0 Å². The number of nitro groups is 1. The van der Waals surface area contributed by atoms with Gasteiger partial charge in [-0.3, -0.25) is 10.1 Å². The van der Waals surface area contributed by atoms with E-state index in [1.54, 1.807) is 26.0 Å². The van der Waals surface area contributed by atoms with Gasteiger partial charge < -0.3 is 15.2 Å². The molecule has 2 atom stereocenters. The Labute approximate surface area is 112 Å². The fourth-order valence-corrected chi connectivity index (χ4v) is 1.48. The van der Waals surface area contributed by atoms with Crippen molar-refractivity contribution >= 4 is 5.69 Å². The Bertz CT molecular complexity index is 435. The molecule has 1 aromatic rings. The van der Waals surface area contributed by atoms with Gasteiger partial charge in [0.15, 0.2) is 5.75 Å². The van der Waals surface area contributed by atoms with E-state index >= 15 is 0 Å². The van der Waals surface area contributed by atoms with E-state index in [9.17, 15) is 15.2 Å². The van der Waals surface area contributed by atoms with Gasteiger partial charge >= 0.3 is 5.69 Å². The molecule has 2 N–H and O–H groups in total. The number of nitrogens with zero attached hydrogens (tertiary/aromatic N) is 1. The number of hydrogen-bond donors (Lipinski definition) is 2. The van der Waals surface area contributed by atoms with Gasteiger partial charge in [0.25, 0.3) is 0 Å². The molecule has 1 rings (SSSR count). The number of ether oxygens (including phenoxy) is 1. The SMILES string of the molecule is CCNCc1ccc(OC(C)C(C)O)c([N+](=O)[O-])c1. The first-order valence-electron chi connectivity index (χ1n) is 6.28. The van der Waals surface area contributed by atoms with Gasteiger partial charge in [-0.2, -0.15) is 0 Å². The smallest absolute Gasteiger partial charge is 0.311 e. The van der Waals surface area contributed by atoms with Crippen LogP contribution in [0.15, 0.2) is 18.2 Å². The third-order valence-electron chi connectivity index (χ3n) is 2.79. The van der Waals surface area contributed by atoms with Gasteiger partial charge in [-0.1, -0.05) is 13.0 Å². The van der Waals surface area contributed by atoms with Crippen molar-refractivity contribution in [2.24, 2.45) is 0 Å². The lowest BCUT2D eigenvalue weighted by atomic mass is 10.1. The molecule has 0 bridgehead atoms. The summed E-state index contributed by atoms with van der Waals surface area (Å²) in [6, 6.07) is 4.84. The average molecular weight is 268 g/mol. The van der Waals surface area contributed by atoms with Crippen LogP contribution in [0, 0.1) is 10.1 Å². The number of hydrogen-bond acceptors (Lipinski definition) is 5. The Morgan fingerprint density at radius 2 is 2.16 bits per heavy atom. The zero-order chi connectivity index (χ0) is 14.4. The zero-order valence-electron chi connectivity index (χ0n) is 11.4. The summed E-state index contributed by atoms with van der Waals surface area (Å²) in [5, 5.41) is 23.5. The van der Waals surface area contributed by atoms with Gasteiger partial charge in [0.05, 0.1) is 11.0 Å². The fraction of sp³-hybridized carbons (Fsp3) is 0.538. The second-order valence-electron chi connectivity index (χ2n) is 4.40. The summed E-state index contributed by atoms with van der Waals surface area (Å²) >= 11 is 0. The fourth-order valence-electron chi connectivity index (χ4n) is 1.48. The van der Waals surface area contributed by atoms with Crippen molar-refractivity contribution < 1.29 is 14.8 Å². The highest BCUT2D eigenvalue weighted by atomic mass is 16.6. The number of nitrogens with one attached hydrogen (secondary N) is 1. The van der Waals surface area contributed by atoms with Crippen LogP contribution < -0.4 is 10.1 Å². The zero-order valence-corrected chi connectivity index (χ0v) is 11.4. The van der Waals surface area contributed by atoms with E-state index in [0.717, 1.165) is 12.1 Å². The van der Waals surface area contributed by atoms with Crippen molar-refractivity contribution in [1.29, 1.82) is 0 Å². The standard InChI is InChI=1S/C13H20N2O4/c1-4-14-8-11-5-6-13(12(7-11)15(17)18)19-10(3)9(2)16/h5-7,9-10,14,16H,4,8H2,1-3H3. The molecule has 6 nitrogen and oxygen atoms in total. The first-order chi connectivity index (χ1) is 8.95. The second-order valence-corrected chi connectivity index (χ2v) is 4.40. The minimum absolute atomic E-state index is 0.0806. The van der Waals surface area contributed by atoms with Crippen LogP contribution in [0.5, 0.6) is 5.75 Å².